The molecule has 5 nitrogen and oxygen atoms in total. The van der Waals surface area contributed by atoms with Crippen LogP contribution in [0.2, 0.25) is 5.02 Å². The van der Waals surface area contributed by atoms with Crippen molar-refractivity contribution in [1.29, 1.82) is 0 Å². The van der Waals surface area contributed by atoms with Crippen molar-refractivity contribution in [2.75, 3.05) is 13.2 Å². The van der Waals surface area contributed by atoms with E-state index in [-0.39, 0.29) is 23.0 Å². The van der Waals surface area contributed by atoms with Gasteiger partial charge in [-0.15, -0.1) is 0 Å². The van der Waals surface area contributed by atoms with Crippen LogP contribution in [0, 0.1) is 0 Å². The Bertz CT molecular complexity index is 803. The quantitative estimate of drug-likeness (QED) is 0.270. The number of phenols is 1. The largest absolute Gasteiger partial charge is 0.504 e. The standard InChI is InChI=1S/C22H29ClO5/c1-4-6-8-13-26-21-19(25)18-16(11-10-12-17(18)23)20(28-15(3)24)22(21)27-14-9-7-5-2/h10-12,25H,4-9,13-14H2,1-3H3. The molecule has 0 radical (unpaired) electrons. The average Bonchev–Trinajstić information content (AvgIpc) is 2.66. The van der Waals surface area contributed by atoms with Crippen LogP contribution in [0.15, 0.2) is 18.2 Å². The van der Waals surface area contributed by atoms with Crippen molar-refractivity contribution in [2.24, 2.45) is 0 Å². The second-order valence-electron chi connectivity index (χ2n) is 6.70. The van der Waals surface area contributed by atoms with Crippen LogP contribution in [-0.2, 0) is 4.79 Å². The number of fused-ring (bicyclic) bond motifs is 1. The van der Waals surface area contributed by atoms with Crippen LogP contribution < -0.4 is 14.2 Å². The number of esters is 1. The highest BCUT2D eigenvalue weighted by Gasteiger charge is 2.25. The fourth-order valence-electron chi connectivity index (χ4n) is 2.96. The lowest BCUT2D eigenvalue weighted by Crippen LogP contribution is -2.08. The van der Waals surface area contributed by atoms with Crippen molar-refractivity contribution in [3.05, 3.63) is 23.2 Å². The van der Waals surface area contributed by atoms with Crippen LogP contribution in [-0.4, -0.2) is 24.3 Å². The second-order valence-corrected chi connectivity index (χ2v) is 7.11. The van der Waals surface area contributed by atoms with Crippen LogP contribution in [0.1, 0.15) is 59.3 Å². The number of carbonyl (C=O) groups excluding carboxylic acids is 1. The molecule has 0 bridgehead atoms. The number of ether oxygens (including phenoxy) is 3. The molecule has 6 heteroatoms. The van der Waals surface area contributed by atoms with Gasteiger partial charge >= 0.3 is 5.97 Å². The van der Waals surface area contributed by atoms with Gasteiger partial charge in [-0.25, -0.2) is 0 Å². The molecule has 28 heavy (non-hydrogen) atoms. The molecule has 0 saturated heterocycles. The molecule has 0 amide bonds. The Morgan fingerprint density at radius 2 is 1.57 bits per heavy atom. The van der Waals surface area contributed by atoms with Crippen molar-refractivity contribution >= 4 is 28.3 Å². The number of unbranched alkanes of at least 4 members (excludes halogenated alkanes) is 4. The Hall–Kier alpha value is -2.14. The summed E-state index contributed by atoms with van der Waals surface area (Å²) in [5, 5.41) is 12.1. The zero-order chi connectivity index (χ0) is 20.5. The Labute approximate surface area is 171 Å². The molecule has 0 fully saturated rings. The maximum absolute atomic E-state index is 11.8. The van der Waals surface area contributed by atoms with Crippen LogP contribution in [0.3, 0.4) is 0 Å². The molecule has 0 saturated carbocycles. The SMILES string of the molecule is CCCCCOc1c(OCCCCC)c(O)c2c(Cl)cccc2c1OC(C)=O. The molecule has 0 aliphatic rings. The molecule has 2 aromatic rings. The minimum atomic E-state index is -0.484. The van der Waals surface area contributed by atoms with Gasteiger partial charge in [-0.2, -0.15) is 0 Å². The summed E-state index contributed by atoms with van der Waals surface area (Å²) in [6, 6.07) is 5.14. The number of phenolic OH excluding ortho intramolecular Hbond substituents is 1. The maximum atomic E-state index is 11.8. The lowest BCUT2D eigenvalue weighted by Gasteiger charge is -2.20. The number of carbonyl (C=O) groups is 1. The van der Waals surface area contributed by atoms with E-state index in [4.69, 9.17) is 25.8 Å². The molecule has 0 aromatic heterocycles. The first-order valence-corrected chi connectivity index (χ1v) is 10.3. The van der Waals surface area contributed by atoms with Crippen molar-refractivity contribution in [1.82, 2.24) is 0 Å². The van der Waals surface area contributed by atoms with E-state index in [0.29, 0.717) is 29.0 Å². The summed E-state index contributed by atoms with van der Waals surface area (Å²) in [6.45, 7) is 6.39. The van der Waals surface area contributed by atoms with E-state index in [1.807, 2.05) is 0 Å². The van der Waals surface area contributed by atoms with Gasteiger partial charge in [-0.3, -0.25) is 4.79 Å². The molecule has 0 aliphatic carbocycles. The highest BCUT2D eigenvalue weighted by atomic mass is 35.5. The van der Waals surface area contributed by atoms with Gasteiger partial charge in [0.25, 0.3) is 0 Å². The first-order chi connectivity index (χ1) is 13.5. The Kier molecular flexibility index (Phi) is 8.71. The molecular formula is C22H29ClO5. The molecule has 154 valence electrons. The Morgan fingerprint density at radius 3 is 2.14 bits per heavy atom. The predicted molar refractivity (Wildman–Crippen MR) is 112 cm³/mol. The summed E-state index contributed by atoms with van der Waals surface area (Å²) in [5.41, 5.74) is 0. The summed E-state index contributed by atoms with van der Waals surface area (Å²) in [5.74, 6) is 0.0603. The molecule has 1 N–H and O–H groups in total. The minimum Gasteiger partial charge on any atom is -0.504 e. The minimum absolute atomic E-state index is 0.0986. The summed E-state index contributed by atoms with van der Waals surface area (Å²) in [4.78, 5) is 11.8. The van der Waals surface area contributed by atoms with Crippen LogP contribution in [0.5, 0.6) is 23.0 Å². The zero-order valence-electron chi connectivity index (χ0n) is 16.8. The third-order valence-electron chi connectivity index (χ3n) is 4.36. The number of halogens is 1. The lowest BCUT2D eigenvalue weighted by atomic mass is 10.1. The zero-order valence-corrected chi connectivity index (χ0v) is 17.6. The summed E-state index contributed by atoms with van der Waals surface area (Å²) >= 11 is 6.33. The van der Waals surface area contributed by atoms with Gasteiger partial charge in [0.15, 0.2) is 11.5 Å². The van der Waals surface area contributed by atoms with E-state index in [1.54, 1.807) is 18.2 Å². The highest BCUT2D eigenvalue weighted by molar-refractivity contribution is 6.36. The van der Waals surface area contributed by atoms with Gasteiger partial charge in [-0.05, 0) is 18.9 Å². The predicted octanol–water partition coefficient (Wildman–Crippen LogP) is 6.26. The smallest absolute Gasteiger partial charge is 0.308 e. The van der Waals surface area contributed by atoms with E-state index in [0.717, 1.165) is 38.5 Å². The van der Waals surface area contributed by atoms with Crippen LogP contribution >= 0.6 is 11.6 Å². The topological polar surface area (TPSA) is 65.0 Å². The van der Waals surface area contributed by atoms with Gasteiger partial charge in [0.05, 0.1) is 23.6 Å². The van der Waals surface area contributed by atoms with E-state index >= 15 is 0 Å². The van der Waals surface area contributed by atoms with Crippen molar-refractivity contribution < 1.29 is 24.1 Å². The van der Waals surface area contributed by atoms with Gasteiger partial charge < -0.3 is 19.3 Å². The molecular weight excluding hydrogens is 380 g/mol. The number of benzene rings is 2. The summed E-state index contributed by atoms with van der Waals surface area (Å²) in [7, 11) is 0. The van der Waals surface area contributed by atoms with E-state index in [2.05, 4.69) is 13.8 Å². The molecule has 0 unspecified atom stereocenters. The molecule has 0 spiro atoms. The molecule has 0 atom stereocenters. The number of hydrogen-bond donors (Lipinski definition) is 1. The molecule has 2 rings (SSSR count). The highest BCUT2D eigenvalue weighted by Crippen LogP contribution is 2.52. The first kappa shape index (κ1) is 22.2. The molecule has 0 heterocycles. The average molecular weight is 409 g/mol. The summed E-state index contributed by atoms with van der Waals surface area (Å²) < 4.78 is 17.3. The second kappa shape index (κ2) is 11.0. The van der Waals surface area contributed by atoms with Crippen molar-refractivity contribution in [3.8, 4) is 23.0 Å². The Morgan fingerprint density at radius 1 is 0.964 bits per heavy atom. The fourth-order valence-corrected chi connectivity index (χ4v) is 3.23. The van der Waals surface area contributed by atoms with E-state index < -0.39 is 5.97 Å². The van der Waals surface area contributed by atoms with Gasteiger partial charge in [0.1, 0.15) is 0 Å². The van der Waals surface area contributed by atoms with Gasteiger partial charge in [0, 0.05) is 12.3 Å². The third-order valence-corrected chi connectivity index (χ3v) is 4.67. The summed E-state index contributed by atoms with van der Waals surface area (Å²) in [6.07, 6.45) is 5.82. The van der Waals surface area contributed by atoms with Crippen molar-refractivity contribution in [2.45, 2.75) is 59.3 Å². The Balaban J connectivity index is 2.56. The lowest BCUT2D eigenvalue weighted by molar-refractivity contribution is -0.131. The first-order valence-electron chi connectivity index (χ1n) is 9.92. The van der Waals surface area contributed by atoms with Crippen LogP contribution in [0.4, 0.5) is 0 Å². The van der Waals surface area contributed by atoms with Crippen molar-refractivity contribution in [3.63, 3.8) is 0 Å². The van der Waals surface area contributed by atoms with Gasteiger partial charge in [0.2, 0.25) is 11.5 Å². The third kappa shape index (κ3) is 5.44. The molecule has 0 aliphatic heterocycles. The number of hydrogen-bond acceptors (Lipinski definition) is 5. The fraction of sp³-hybridized carbons (Fsp3) is 0.500. The van der Waals surface area contributed by atoms with E-state index in [9.17, 15) is 9.90 Å². The van der Waals surface area contributed by atoms with E-state index in [1.165, 1.54) is 6.92 Å². The number of aromatic hydroxyl groups is 1. The normalized spacial score (nSPS) is 10.9. The van der Waals surface area contributed by atoms with Gasteiger partial charge in [-0.1, -0.05) is 63.3 Å². The maximum Gasteiger partial charge on any atom is 0.308 e. The number of rotatable bonds is 11. The molecule has 2 aromatic carbocycles. The van der Waals surface area contributed by atoms with Crippen LogP contribution in [0.25, 0.3) is 10.8 Å². The monoisotopic (exact) mass is 408 g/mol.